The maximum absolute atomic E-state index is 11.9. The Labute approximate surface area is 125 Å². The minimum Gasteiger partial charge on any atom is -0.481 e. The summed E-state index contributed by atoms with van der Waals surface area (Å²) in [4.78, 5) is 23.6. The summed E-state index contributed by atoms with van der Waals surface area (Å²) in [7, 11) is 0. The highest BCUT2D eigenvalue weighted by atomic mass is 35.5. The molecule has 6 heteroatoms. The fourth-order valence-electron chi connectivity index (χ4n) is 1.75. The van der Waals surface area contributed by atoms with Crippen LogP contribution in [-0.4, -0.2) is 23.5 Å². The van der Waals surface area contributed by atoms with Gasteiger partial charge >= 0.3 is 5.97 Å². The van der Waals surface area contributed by atoms with Crippen LogP contribution in [0.15, 0.2) is 42.5 Å². The van der Waals surface area contributed by atoms with Gasteiger partial charge in [-0.25, -0.2) is 0 Å². The highest BCUT2D eigenvalue weighted by molar-refractivity contribution is 7.17. The monoisotopic (exact) mass is 309 g/mol. The lowest BCUT2D eigenvalue weighted by Gasteiger charge is -2.13. The van der Waals surface area contributed by atoms with Crippen molar-refractivity contribution in [1.82, 2.24) is 5.32 Å². The lowest BCUT2D eigenvalue weighted by Crippen LogP contribution is -2.31. The largest absolute Gasteiger partial charge is 0.481 e. The van der Waals surface area contributed by atoms with E-state index >= 15 is 0 Å². The van der Waals surface area contributed by atoms with Crippen LogP contribution in [0.1, 0.15) is 21.2 Å². The first-order valence-corrected chi connectivity index (χ1v) is 7.08. The van der Waals surface area contributed by atoms with Crippen LogP contribution >= 0.6 is 22.9 Å². The zero-order valence-corrected chi connectivity index (χ0v) is 11.9. The number of carbonyl (C=O) groups is 2. The van der Waals surface area contributed by atoms with E-state index in [0.717, 1.165) is 11.3 Å². The van der Waals surface area contributed by atoms with Crippen LogP contribution in [0.4, 0.5) is 0 Å². The molecule has 0 spiro atoms. The number of amides is 1. The van der Waals surface area contributed by atoms with Gasteiger partial charge in [0.25, 0.3) is 5.91 Å². The summed E-state index contributed by atoms with van der Waals surface area (Å²) in [6.07, 6.45) is 0. The van der Waals surface area contributed by atoms with E-state index in [1.165, 1.54) is 0 Å². The van der Waals surface area contributed by atoms with Crippen molar-refractivity contribution in [2.75, 3.05) is 6.54 Å². The third-order valence-electron chi connectivity index (χ3n) is 2.76. The maximum Gasteiger partial charge on any atom is 0.312 e. The molecule has 0 aliphatic rings. The summed E-state index contributed by atoms with van der Waals surface area (Å²) >= 11 is 6.92. The Hall–Kier alpha value is -1.85. The summed E-state index contributed by atoms with van der Waals surface area (Å²) in [5.74, 6) is -2.06. The summed E-state index contributed by atoms with van der Waals surface area (Å²) in [6, 6.07) is 12.1. The molecular formula is C14H12ClNO3S. The average molecular weight is 310 g/mol. The van der Waals surface area contributed by atoms with Crippen molar-refractivity contribution in [2.45, 2.75) is 5.92 Å². The van der Waals surface area contributed by atoms with Crippen molar-refractivity contribution in [3.05, 3.63) is 57.2 Å². The fraction of sp³-hybridized carbons (Fsp3) is 0.143. The van der Waals surface area contributed by atoms with Gasteiger partial charge in [0.2, 0.25) is 0 Å². The standard InChI is InChI=1S/C14H12ClNO3S/c15-12-7-6-11(20-12)13(17)16-8-10(14(18)19)9-4-2-1-3-5-9/h1-7,10H,8H2,(H,16,17)(H,18,19). The topological polar surface area (TPSA) is 66.4 Å². The van der Waals surface area contributed by atoms with Crippen molar-refractivity contribution in [3.8, 4) is 0 Å². The van der Waals surface area contributed by atoms with Crippen LogP contribution in [0.3, 0.4) is 0 Å². The third kappa shape index (κ3) is 3.59. The molecule has 0 aliphatic carbocycles. The molecule has 1 amide bonds. The predicted molar refractivity (Wildman–Crippen MR) is 78.5 cm³/mol. The summed E-state index contributed by atoms with van der Waals surface area (Å²) in [5, 5.41) is 11.9. The molecule has 1 unspecified atom stereocenters. The molecule has 1 aromatic heterocycles. The highest BCUT2D eigenvalue weighted by Gasteiger charge is 2.21. The second-order valence-electron chi connectivity index (χ2n) is 4.12. The lowest BCUT2D eigenvalue weighted by molar-refractivity contribution is -0.138. The molecule has 0 fully saturated rings. The van der Waals surface area contributed by atoms with E-state index in [9.17, 15) is 14.7 Å². The molecule has 2 rings (SSSR count). The SMILES string of the molecule is O=C(NCC(C(=O)O)c1ccccc1)c1ccc(Cl)s1. The van der Waals surface area contributed by atoms with E-state index in [-0.39, 0.29) is 12.5 Å². The molecule has 2 aromatic rings. The van der Waals surface area contributed by atoms with Crippen LogP contribution < -0.4 is 5.32 Å². The third-order valence-corrected chi connectivity index (χ3v) is 3.99. The van der Waals surface area contributed by atoms with Gasteiger partial charge < -0.3 is 10.4 Å². The molecule has 0 bridgehead atoms. The number of carboxylic acids is 1. The summed E-state index contributed by atoms with van der Waals surface area (Å²) in [5.41, 5.74) is 0.657. The van der Waals surface area contributed by atoms with Gasteiger partial charge in [-0.3, -0.25) is 9.59 Å². The number of carbonyl (C=O) groups excluding carboxylic acids is 1. The van der Waals surface area contributed by atoms with E-state index in [2.05, 4.69) is 5.32 Å². The molecule has 1 atom stereocenters. The Morgan fingerprint density at radius 1 is 1.20 bits per heavy atom. The highest BCUT2D eigenvalue weighted by Crippen LogP contribution is 2.21. The van der Waals surface area contributed by atoms with Gasteiger partial charge in [-0.15, -0.1) is 11.3 Å². The van der Waals surface area contributed by atoms with E-state index in [1.807, 2.05) is 6.07 Å². The minimum atomic E-state index is -0.972. The number of rotatable bonds is 5. The van der Waals surface area contributed by atoms with E-state index in [0.29, 0.717) is 14.8 Å². The Morgan fingerprint density at radius 2 is 1.90 bits per heavy atom. The Morgan fingerprint density at radius 3 is 2.45 bits per heavy atom. The number of aliphatic carboxylic acids is 1. The number of carboxylic acid groups (broad SMARTS) is 1. The Bertz CT molecular complexity index is 612. The second kappa shape index (κ2) is 6.54. The molecule has 4 nitrogen and oxygen atoms in total. The predicted octanol–water partition coefficient (Wildman–Crippen LogP) is 3.00. The van der Waals surface area contributed by atoms with Gasteiger partial charge in [-0.2, -0.15) is 0 Å². The first-order valence-electron chi connectivity index (χ1n) is 5.89. The second-order valence-corrected chi connectivity index (χ2v) is 5.83. The van der Waals surface area contributed by atoms with Crippen LogP contribution in [0.2, 0.25) is 4.34 Å². The molecular weight excluding hydrogens is 298 g/mol. The van der Waals surface area contributed by atoms with E-state index in [4.69, 9.17) is 11.6 Å². The average Bonchev–Trinajstić information content (AvgIpc) is 2.86. The number of hydrogen-bond donors (Lipinski definition) is 2. The zero-order valence-electron chi connectivity index (χ0n) is 10.4. The van der Waals surface area contributed by atoms with Crippen molar-refractivity contribution in [2.24, 2.45) is 0 Å². The molecule has 0 radical (unpaired) electrons. The van der Waals surface area contributed by atoms with Crippen molar-refractivity contribution >= 4 is 34.8 Å². The molecule has 0 saturated carbocycles. The molecule has 1 aromatic carbocycles. The first kappa shape index (κ1) is 14.6. The molecule has 2 N–H and O–H groups in total. The molecule has 1 heterocycles. The van der Waals surface area contributed by atoms with Gasteiger partial charge in [0.1, 0.15) is 0 Å². The molecule has 104 valence electrons. The number of thiophene rings is 1. The summed E-state index contributed by atoms with van der Waals surface area (Å²) in [6.45, 7) is 0.0354. The van der Waals surface area contributed by atoms with Crippen LogP contribution in [0, 0.1) is 0 Å². The molecule has 0 saturated heterocycles. The van der Waals surface area contributed by atoms with E-state index in [1.54, 1.807) is 36.4 Å². The van der Waals surface area contributed by atoms with Crippen LogP contribution in [-0.2, 0) is 4.79 Å². The number of hydrogen-bond acceptors (Lipinski definition) is 3. The van der Waals surface area contributed by atoms with Crippen LogP contribution in [0.25, 0.3) is 0 Å². The van der Waals surface area contributed by atoms with Crippen molar-refractivity contribution in [1.29, 1.82) is 0 Å². The smallest absolute Gasteiger partial charge is 0.312 e. The van der Waals surface area contributed by atoms with Gasteiger partial charge in [0.15, 0.2) is 0 Å². The van der Waals surface area contributed by atoms with Gasteiger partial charge in [-0.1, -0.05) is 41.9 Å². The van der Waals surface area contributed by atoms with Crippen LogP contribution in [0.5, 0.6) is 0 Å². The van der Waals surface area contributed by atoms with Gasteiger partial charge in [0.05, 0.1) is 15.1 Å². The van der Waals surface area contributed by atoms with Crippen molar-refractivity contribution < 1.29 is 14.7 Å². The Kier molecular flexibility index (Phi) is 4.76. The number of benzene rings is 1. The normalized spacial score (nSPS) is 11.8. The lowest BCUT2D eigenvalue weighted by atomic mass is 9.99. The minimum absolute atomic E-state index is 0.0354. The quantitative estimate of drug-likeness (QED) is 0.892. The number of nitrogens with one attached hydrogen (secondary N) is 1. The molecule has 0 aliphatic heterocycles. The molecule has 20 heavy (non-hydrogen) atoms. The maximum atomic E-state index is 11.9. The Balaban J connectivity index is 2.03. The van der Waals surface area contributed by atoms with Gasteiger partial charge in [-0.05, 0) is 17.7 Å². The fourth-order valence-corrected chi connectivity index (χ4v) is 2.71. The summed E-state index contributed by atoms with van der Waals surface area (Å²) < 4.78 is 0.521. The zero-order chi connectivity index (χ0) is 14.5. The first-order chi connectivity index (χ1) is 9.58. The van der Waals surface area contributed by atoms with Crippen molar-refractivity contribution in [3.63, 3.8) is 0 Å². The van der Waals surface area contributed by atoms with Gasteiger partial charge in [0, 0.05) is 6.54 Å². The number of halogens is 1. The van der Waals surface area contributed by atoms with E-state index < -0.39 is 11.9 Å².